The molecular weight excluding hydrogens is 459 g/mol. The molecule has 0 radical (unpaired) electrons. The van der Waals surface area contributed by atoms with E-state index >= 15 is 0 Å². The highest BCUT2D eigenvalue weighted by Crippen LogP contribution is 2.56. The Morgan fingerprint density at radius 3 is 2.23 bits per heavy atom. The minimum atomic E-state index is -4.51. The molecule has 5 fully saturated rings. The molecule has 2 saturated heterocycles. The van der Waals surface area contributed by atoms with Crippen LogP contribution in [0.3, 0.4) is 0 Å². The average Bonchev–Trinajstić information content (AvgIpc) is 3.26. The maximum atomic E-state index is 12.9. The van der Waals surface area contributed by atoms with Crippen molar-refractivity contribution in [2.75, 3.05) is 26.2 Å². The monoisotopic (exact) mass is 489 g/mol. The fourth-order valence-corrected chi connectivity index (χ4v) is 7.18. The standard InChI is InChI=1S/C24H30F3N7O/c1-15-4-19(17-2-3-17)33(29-15)9-16-5-22(6-16)10-31(11-22)21(35)32-12-23(13-32)7-18(8-23)34-14-28-20(30-34)24(25,26)27/h4,14,16-18H,2-3,5-13H2,1H3. The molecule has 0 unspecified atom stereocenters. The van der Waals surface area contributed by atoms with Crippen LogP contribution in [-0.4, -0.2) is 66.6 Å². The molecule has 35 heavy (non-hydrogen) atoms. The van der Waals surface area contributed by atoms with Gasteiger partial charge in [0.15, 0.2) is 0 Å². The third kappa shape index (κ3) is 3.56. The Kier molecular flexibility index (Phi) is 4.34. The van der Waals surface area contributed by atoms with Gasteiger partial charge in [-0.2, -0.15) is 18.3 Å². The molecule has 2 aromatic heterocycles. The predicted molar refractivity (Wildman–Crippen MR) is 118 cm³/mol. The summed E-state index contributed by atoms with van der Waals surface area (Å²) in [6.45, 7) is 6.15. The SMILES string of the molecule is Cc1cc(C2CC2)n(CC2CC3(C2)CN(C(=O)N2CC4(CC(n5cnc(C(F)(F)F)n5)C4)C2)C3)n1. The Morgan fingerprint density at radius 1 is 1.03 bits per heavy atom. The van der Waals surface area contributed by atoms with Crippen LogP contribution in [-0.2, 0) is 12.7 Å². The van der Waals surface area contributed by atoms with Gasteiger partial charge in [0.1, 0.15) is 6.33 Å². The van der Waals surface area contributed by atoms with E-state index in [2.05, 4.69) is 27.8 Å². The van der Waals surface area contributed by atoms with Crippen molar-refractivity contribution in [3.63, 3.8) is 0 Å². The predicted octanol–water partition coefficient (Wildman–Crippen LogP) is 3.85. The lowest BCUT2D eigenvalue weighted by Gasteiger charge is -2.63. The zero-order chi connectivity index (χ0) is 24.2. The number of aromatic nitrogens is 5. The van der Waals surface area contributed by atoms with E-state index in [0.29, 0.717) is 30.3 Å². The van der Waals surface area contributed by atoms with E-state index in [0.717, 1.165) is 38.2 Å². The Morgan fingerprint density at radius 2 is 1.66 bits per heavy atom. The number of hydrogen-bond donors (Lipinski definition) is 0. The second kappa shape index (κ2) is 7.00. The van der Waals surface area contributed by atoms with E-state index in [9.17, 15) is 18.0 Å². The van der Waals surface area contributed by atoms with Crippen LogP contribution >= 0.6 is 0 Å². The lowest BCUT2D eigenvalue weighted by Crippen LogP contribution is -2.71. The maximum absolute atomic E-state index is 12.9. The van der Waals surface area contributed by atoms with Gasteiger partial charge in [0.25, 0.3) is 5.82 Å². The zero-order valence-electron chi connectivity index (χ0n) is 19.8. The molecule has 0 aromatic carbocycles. The van der Waals surface area contributed by atoms with Crippen LogP contribution in [0.4, 0.5) is 18.0 Å². The summed E-state index contributed by atoms with van der Waals surface area (Å²) in [5, 5.41) is 8.32. The van der Waals surface area contributed by atoms with E-state index in [1.165, 1.54) is 42.4 Å². The molecule has 4 heterocycles. The minimum absolute atomic E-state index is 0.0377. The van der Waals surface area contributed by atoms with Gasteiger partial charge in [-0.3, -0.25) is 4.68 Å². The summed E-state index contributed by atoms with van der Waals surface area (Å²) in [5.74, 6) is 0.274. The summed E-state index contributed by atoms with van der Waals surface area (Å²) >= 11 is 0. The number of carbonyl (C=O) groups is 1. The van der Waals surface area contributed by atoms with Gasteiger partial charge in [-0.25, -0.2) is 14.5 Å². The number of alkyl halides is 3. The first-order valence-electron chi connectivity index (χ1n) is 12.7. The number of nitrogens with zero attached hydrogens (tertiary/aromatic N) is 7. The summed E-state index contributed by atoms with van der Waals surface area (Å²) in [6.07, 6.45) is 3.07. The van der Waals surface area contributed by atoms with Crippen molar-refractivity contribution in [3.05, 3.63) is 29.6 Å². The molecule has 11 heteroatoms. The summed E-state index contributed by atoms with van der Waals surface area (Å²) in [5.41, 5.74) is 2.85. The van der Waals surface area contributed by atoms with E-state index in [4.69, 9.17) is 5.10 Å². The van der Waals surface area contributed by atoms with Gasteiger partial charge in [0.05, 0.1) is 11.7 Å². The third-order valence-electron chi connectivity index (χ3n) is 8.92. The molecule has 3 saturated carbocycles. The number of aryl methyl sites for hydroxylation is 1. The number of halogens is 3. The van der Waals surface area contributed by atoms with Gasteiger partial charge >= 0.3 is 12.2 Å². The highest BCUT2D eigenvalue weighted by molar-refractivity contribution is 5.77. The Hall–Kier alpha value is -2.59. The van der Waals surface area contributed by atoms with Gasteiger partial charge in [0.2, 0.25) is 0 Å². The van der Waals surface area contributed by atoms with Crippen LogP contribution in [0, 0.1) is 23.7 Å². The molecule has 0 N–H and O–H groups in total. The van der Waals surface area contributed by atoms with Crippen LogP contribution in [0.1, 0.15) is 67.7 Å². The van der Waals surface area contributed by atoms with Gasteiger partial charge < -0.3 is 9.80 Å². The molecule has 2 aliphatic heterocycles. The van der Waals surface area contributed by atoms with Crippen LogP contribution < -0.4 is 0 Å². The van der Waals surface area contributed by atoms with Crippen LogP contribution in [0.2, 0.25) is 0 Å². The highest BCUT2D eigenvalue weighted by atomic mass is 19.4. The summed E-state index contributed by atoms with van der Waals surface area (Å²) < 4.78 is 41.8. The Balaban J connectivity index is 0.859. The highest BCUT2D eigenvalue weighted by Gasteiger charge is 2.58. The van der Waals surface area contributed by atoms with Gasteiger partial charge in [-0.15, -0.1) is 5.10 Å². The molecule has 5 aliphatic rings. The molecule has 188 valence electrons. The van der Waals surface area contributed by atoms with Crippen LogP contribution in [0.5, 0.6) is 0 Å². The second-order valence-electron chi connectivity index (χ2n) is 12.0. The largest absolute Gasteiger partial charge is 0.453 e. The van der Waals surface area contributed by atoms with Gasteiger partial charge in [-0.1, -0.05) is 0 Å². The lowest BCUT2D eigenvalue weighted by molar-refractivity contribution is -0.145. The molecule has 2 aromatic rings. The lowest BCUT2D eigenvalue weighted by atomic mass is 9.57. The topological polar surface area (TPSA) is 72.1 Å². The summed E-state index contributed by atoms with van der Waals surface area (Å²) in [6, 6.07) is 2.30. The minimum Gasteiger partial charge on any atom is -0.323 e. The molecule has 3 aliphatic carbocycles. The number of likely N-dealkylation sites (tertiary alicyclic amines) is 2. The second-order valence-corrected chi connectivity index (χ2v) is 12.0. The molecule has 2 amide bonds. The molecular formula is C24H30F3N7O. The Bertz CT molecular complexity index is 1150. The van der Waals surface area contributed by atoms with Crippen molar-refractivity contribution in [2.45, 2.75) is 70.1 Å². The average molecular weight is 490 g/mol. The number of rotatable bonds is 4. The van der Waals surface area contributed by atoms with E-state index in [1.54, 1.807) is 0 Å². The zero-order valence-corrected chi connectivity index (χ0v) is 19.8. The maximum Gasteiger partial charge on any atom is 0.453 e. The van der Waals surface area contributed by atoms with Crippen molar-refractivity contribution in [2.24, 2.45) is 16.7 Å². The third-order valence-corrected chi connectivity index (χ3v) is 8.92. The van der Waals surface area contributed by atoms with Crippen molar-refractivity contribution in [1.82, 2.24) is 34.3 Å². The molecule has 7 rings (SSSR count). The normalized spacial score (nSPS) is 25.4. The van der Waals surface area contributed by atoms with Crippen molar-refractivity contribution in [3.8, 4) is 0 Å². The number of urea groups is 1. The molecule has 0 atom stereocenters. The molecule has 8 nitrogen and oxygen atoms in total. The smallest absolute Gasteiger partial charge is 0.323 e. The first-order chi connectivity index (χ1) is 16.6. The van der Waals surface area contributed by atoms with E-state index in [-0.39, 0.29) is 17.5 Å². The Labute approximate surface area is 201 Å². The van der Waals surface area contributed by atoms with Crippen molar-refractivity contribution < 1.29 is 18.0 Å². The number of amides is 2. The van der Waals surface area contributed by atoms with E-state index in [1.807, 2.05) is 9.80 Å². The fraction of sp³-hybridized carbons (Fsp3) is 0.750. The van der Waals surface area contributed by atoms with Crippen molar-refractivity contribution in [1.29, 1.82) is 0 Å². The molecule has 0 bridgehead atoms. The number of hydrogen-bond acceptors (Lipinski definition) is 4. The summed E-state index contributed by atoms with van der Waals surface area (Å²) in [4.78, 5) is 20.2. The van der Waals surface area contributed by atoms with Crippen LogP contribution in [0.15, 0.2) is 12.4 Å². The van der Waals surface area contributed by atoms with E-state index < -0.39 is 12.0 Å². The van der Waals surface area contributed by atoms with Crippen LogP contribution in [0.25, 0.3) is 0 Å². The van der Waals surface area contributed by atoms with Crippen molar-refractivity contribution >= 4 is 6.03 Å². The number of carbonyl (C=O) groups excluding carboxylic acids is 1. The van der Waals surface area contributed by atoms with Gasteiger partial charge in [0, 0.05) is 55.2 Å². The van der Waals surface area contributed by atoms with Gasteiger partial charge in [-0.05, 0) is 57.4 Å². The molecule has 2 spiro atoms. The first-order valence-corrected chi connectivity index (χ1v) is 12.7. The summed E-state index contributed by atoms with van der Waals surface area (Å²) in [7, 11) is 0. The fourth-order valence-electron chi connectivity index (χ4n) is 7.18. The quantitative estimate of drug-likeness (QED) is 0.654. The first kappa shape index (κ1) is 21.7.